The predicted octanol–water partition coefficient (Wildman–Crippen LogP) is 1.50. The normalized spacial score (nSPS) is 14.5. The second-order valence-electron chi connectivity index (χ2n) is 4.12. The van der Waals surface area contributed by atoms with E-state index < -0.39 is 0 Å². The lowest BCUT2D eigenvalue weighted by Gasteiger charge is -2.13. The largest absolute Gasteiger partial charge is 0.477 e. The minimum absolute atomic E-state index is 0.228. The topological polar surface area (TPSA) is 51.7 Å². The molecule has 1 saturated carbocycles. The Kier molecular flexibility index (Phi) is 3.58. The standard InChI is InChI=1S/C12H16N2O3/c1-14(16-2)12(15)10-5-6-11(13-7-10)17-8-9-3-4-9/h5-7,9H,3-4,8H2,1-2H3. The molecule has 5 nitrogen and oxygen atoms in total. The van der Waals surface area contributed by atoms with Gasteiger partial charge in [-0.05, 0) is 24.8 Å². The fourth-order valence-corrected chi connectivity index (χ4v) is 1.34. The van der Waals surface area contributed by atoms with E-state index in [-0.39, 0.29) is 5.91 Å². The van der Waals surface area contributed by atoms with Crippen LogP contribution in [0.25, 0.3) is 0 Å². The smallest absolute Gasteiger partial charge is 0.278 e. The highest BCUT2D eigenvalue weighted by molar-refractivity contribution is 5.93. The van der Waals surface area contributed by atoms with Gasteiger partial charge < -0.3 is 4.74 Å². The monoisotopic (exact) mass is 236 g/mol. The van der Waals surface area contributed by atoms with Gasteiger partial charge in [-0.15, -0.1) is 0 Å². The van der Waals surface area contributed by atoms with Gasteiger partial charge in [-0.1, -0.05) is 0 Å². The Labute approximate surface area is 100 Å². The molecule has 2 rings (SSSR count). The van der Waals surface area contributed by atoms with Crippen molar-refractivity contribution in [3.05, 3.63) is 23.9 Å². The number of pyridine rings is 1. The van der Waals surface area contributed by atoms with E-state index in [1.165, 1.54) is 26.1 Å². The number of hydroxylamine groups is 2. The van der Waals surface area contributed by atoms with E-state index in [1.54, 1.807) is 19.2 Å². The van der Waals surface area contributed by atoms with E-state index in [0.29, 0.717) is 17.4 Å². The molecule has 0 N–H and O–H groups in total. The molecule has 1 aromatic heterocycles. The summed E-state index contributed by atoms with van der Waals surface area (Å²) in [4.78, 5) is 20.6. The van der Waals surface area contributed by atoms with Gasteiger partial charge in [0.15, 0.2) is 0 Å². The van der Waals surface area contributed by atoms with Crippen LogP contribution in [0.2, 0.25) is 0 Å². The lowest BCUT2D eigenvalue weighted by atomic mass is 10.2. The van der Waals surface area contributed by atoms with Crippen molar-refractivity contribution in [2.45, 2.75) is 12.8 Å². The van der Waals surface area contributed by atoms with Crippen molar-refractivity contribution in [1.29, 1.82) is 0 Å². The molecule has 0 atom stereocenters. The van der Waals surface area contributed by atoms with Gasteiger partial charge in [0, 0.05) is 19.3 Å². The molecule has 1 aliphatic rings. The van der Waals surface area contributed by atoms with Crippen LogP contribution in [0, 0.1) is 5.92 Å². The first-order valence-electron chi connectivity index (χ1n) is 5.61. The van der Waals surface area contributed by atoms with Gasteiger partial charge in [-0.3, -0.25) is 9.63 Å². The van der Waals surface area contributed by atoms with Crippen LogP contribution in [0.3, 0.4) is 0 Å². The van der Waals surface area contributed by atoms with Crippen LogP contribution in [0.4, 0.5) is 0 Å². The number of ether oxygens (including phenoxy) is 1. The minimum Gasteiger partial charge on any atom is -0.477 e. The zero-order valence-corrected chi connectivity index (χ0v) is 10.0. The number of nitrogens with zero attached hydrogens (tertiary/aromatic N) is 2. The molecule has 1 aliphatic carbocycles. The molecule has 5 heteroatoms. The van der Waals surface area contributed by atoms with Crippen LogP contribution < -0.4 is 4.74 Å². The first kappa shape index (κ1) is 11.9. The maximum atomic E-state index is 11.7. The van der Waals surface area contributed by atoms with E-state index in [4.69, 9.17) is 9.57 Å². The van der Waals surface area contributed by atoms with Gasteiger partial charge >= 0.3 is 0 Å². The number of carbonyl (C=O) groups is 1. The average Bonchev–Trinajstić information content (AvgIpc) is 3.19. The summed E-state index contributed by atoms with van der Waals surface area (Å²) in [6.45, 7) is 0.721. The van der Waals surface area contributed by atoms with E-state index in [0.717, 1.165) is 11.7 Å². The number of amides is 1. The van der Waals surface area contributed by atoms with Crippen LogP contribution >= 0.6 is 0 Å². The molecule has 1 amide bonds. The summed E-state index contributed by atoms with van der Waals surface area (Å²) < 4.78 is 5.48. The molecule has 1 heterocycles. The van der Waals surface area contributed by atoms with Crippen LogP contribution in [0.1, 0.15) is 23.2 Å². The highest BCUT2D eigenvalue weighted by Gasteiger charge is 2.22. The molecular formula is C12H16N2O3. The first-order chi connectivity index (χ1) is 8.20. The Bertz CT molecular complexity index is 387. The molecule has 0 aliphatic heterocycles. The quantitative estimate of drug-likeness (QED) is 0.727. The fraction of sp³-hybridized carbons (Fsp3) is 0.500. The lowest BCUT2D eigenvalue weighted by molar-refractivity contribution is -0.0757. The van der Waals surface area contributed by atoms with Gasteiger partial charge in [0.05, 0.1) is 19.3 Å². The number of hydrogen-bond donors (Lipinski definition) is 0. The Hall–Kier alpha value is -1.62. The van der Waals surface area contributed by atoms with E-state index in [9.17, 15) is 4.79 Å². The number of hydrogen-bond acceptors (Lipinski definition) is 4. The van der Waals surface area contributed by atoms with Crippen molar-refractivity contribution < 1.29 is 14.4 Å². The predicted molar refractivity (Wildman–Crippen MR) is 61.6 cm³/mol. The van der Waals surface area contributed by atoms with E-state index in [2.05, 4.69) is 4.98 Å². The molecule has 0 unspecified atom stereocenters. The molecule has 92 valence electrons. The number of rotatable bonds is 5. The summed E-state index contributed by atoms with van der Waals surface area (Å²) in [5.41, 5.74) is 0.480. The lowest BCUT2D eigenvalue weighted by Crippen LogP contribution is -2.25. The van der Waals surface area contributed by atoms with E-state index >= 15 is 0 Å². The van der Waals surface area contributed by atoms with Crippen molar-refractivity contribution in [2.75, 3.05) is 20.8 Å². The second kappa shape index (κ2) is 5.14. The molecule has 0 aromatic carbocycles. The summed E-state index contributed by atoms with van der Waals surface area (Å²) in [6, 6.07) is 3.40. The summed E-state index contributed by atoms with van der Waals surface area (Å²) in [6.07, 6.45) is 3.99. The third-order valence-electron chi connectivity index (χ3n) is 2.71. The van der Waals surface area contributed by atoms with Gasteiger partial charge in [0.25, 0.3) is 5.91 Å². The molecule has 0 saturated heterocycles. The van der Waals surface area contributed by atoms with Crippen LogP contribution in [0.15, 0.2) is 18.3 Å². The highest BCUT2D eigenvalue weighted by atomic mass is 16.7. The zero-order chi connectivity index (χ0) is 12.3. The van der Waals surface area contributed by atoms with Crippen molar-refractivity contribution in [1.82, 2.24) is 10.0 Å². The Morgan fingerprint density at radius 1 is 1.53 bits per heavy atom. The highest BCUT2D eigenvalue weighted by Crippen LogP contribution is 2.29. The molecule has 0 spiro atoms. The van der Waals surface area contributed by atoms with Crippen LogP contribution in [-0.4, -0.2) is 36.7 Å². The summed E-state index contributed by atoms with van der Waals surface area (Å²) in [5.74, 6) is 1.03. The molecular weight excluding hydrogens is 220 g/mol. The van der Waals surface area contributed by atoms with Gasteiger partial charge in [-0.25, -0.2) is 10.0 Å². The summed E-state index contributed by atoms with van der Waals surface area (Å²) in [5, 5.41) is 1.15. The zero-order valence-electron chi connectivity index (χ0n) is 10.0. The Morgan fingerprint density at radius 3 is 2.82 bits per heavy atom. The Morgan fingerprint density at radius 2 is 2.29 bits per heavy atom. The Balaban J connectivity index is 1.93. The van der Waals surface area contributed by atoms with Crippen molar-refractivity contribution in [3.8, 4) is 5.88 Å². The average molecular weight is 236 g/mol. The molecule has 0 bridgehead atoms. The van der Waals surface area contributed by atoms with Crippen molar-refractivity contribution in [3.63, 3.8) is 0 Å². The van der Waals surface area contributed by atoms with E-state index in [1.807, 2.05) is 0 Å². The number of carbonyl (C=O) groups excluding carboxylic acids is 1. The summed E-state index contributed by atoms with van der Waals surface area (Å²) in [7, 11) is 3.00. The second-order valence-corrected chi connectivity index (χ2v) is 4.12. The maximum absolute atomic E-state index is 11.7. The fourth-order valence-electron chi connectivity index (χ4n) is 1.34. The molecule has 17 heavy (non-hydrogen) atoms. The third-order valence-corrected chi connectivity index (χ3v) is 2.71. The first-order valence-corrected chi connectivity index (χ1v) is 5.61. The molecule has 0 radical (unpaired) electrons. The maximum Gasteiger partial charge on any atom is 0.278 e. The van der Waals surface area contributed by atoms with Gasteiger partial charge in [0.1, 0.15) is 0 Å². The van der Waals surface area contributed by atoms with Crippen LogP contribution in [-0.2, 0) is 4.84 Å². The SMILES string of the molecule is CON(C)C(=O)c1ccc(OCC2CC2)nc1. The van der Waals surface area contributed by atoms with Crippen molar-refractivity contribution in [2.24, 2.45) is 5.92 Å². The minimum atomic E-state index is -0.228. The number of aromatic nitrogens is 1. The van der Waals surface area contributed by atoms with Gasteiger partial charge in [-0.2, -0.15) is 0 Å². The van der Waals surface area contributed by atoms with Gasteiger partial charge in [0.2, 0.25) is 5.88 Å². The third kappa shape index (κ3) is 3.17. The van der Waals surface area contributed by atoms with Crippen molar-refractivity contribution >= 4 is 5.91 Å². The summed E-state index contributed by atoms with van der Waals surface area (Å²) >= 11 is 0. The molecule has 1 aromatic rings. The molecule has 1 fully saturated rings. The van der Waals surface area contributed by atoms with Crippen LogP contribution in [0.5, 0.6) is 5.88 Å².